The standard InChI is InChI=1S/C17H18N2O/c1-13(19)9-16-3-2-4-17(10-16)20-12-15-7-5-14(11-18)6-8-15/h2-8,10,13H,9,12,19H2,1H3. The molecule has 0 aliphatic heterocycles. The predicted octanol–water partition coefficient (Wildman–Crippen LogP) is 3.03. The number of rotatable bonds is 5. The molecule has 3 heteroatoms. The molecule has 2 N–H and O–H groups in total. The molecule has 0 saturated heterocycles. The SMILES string of the molecule is CC(N)Cc1cccc(OCc2ccc(C#N)cc2)c1. The van der Waals surface area contributed by atoms with Gasteiger partial charge in [-0.05, 0) is 48.7 Å². The molecule has 0 spiro atoms. The molecular formula is C17H18N2O. The summed E-state index contributed by atoms with van der Waals surface area (Å²) in [7, 11) is 0. The first-order chi connectivity index (χ1) is 9.67. The van der Waals surface area contributed by atoms with Gasteiger partial charge in [-0.15, -0.1) is 0 Å². The van der Waals surface area contributed by atoms with E-state index in [4.69, 9.17) is 15.7 Å². The number of nitrogens with two attached hydrogens (primary N) is 1. The summed E-state index contributed by atoms with van der Waals surface area (Å²) in [5, 5.41) is 8.75. The lowest BCUT2D eigenvalue weighted by atomic mass is 10.1. The van der Waals surface area contributed by atoms with Gasteiger partial charge in [0.1, 0.15) is 12.4 Å². The molecule has 1 atom stereocenters. The second-order valence-corrected chi connectivity index (χ2v) is 4.93. The maximum atomic E-state index is 8.75. The Balaban J connectivity index is 1.97. The molecule has 3 nitrogen and oxygen atoms in total. The van der Waals surface area contributed by atoms with E-state index in [1.165, 1.54) is 5.56 Å². The normalized spacial score (nSPS) is 11.7. The summed E-state index contributed by atoms with van der Waals surface area (Å²) in [6.45, 7) is 2.48. The maximum Gasteiger partial charge on any atom is 0.120 e. The van der Waals surface area contributed by atoms with Gasteiger partial charge in [0.25, 0.3) is 0 Å². The van der Waals surface area contributed by atoms with Gasteiger partial charge in [-0.2, -0.15) is 5.26 Å². The molecule has 20 heavy (non-hydrogen) atoms. The van der Waals surface area contributed by atoms with E-state index in [9.17, 15) is 0 Å². The fourth-order valence-electron chi connectivity index (χ4n) is 1.98. The van der Waals surface area contributed by atoms with Crippen molar-refractivity contribution in [2.45, 2.75) is 26.0 Å². The lowest BCUT2D eigenvalue weighted by Crippen LogP contribution is -2.17. The highest BCUT2D eigenvalue weighted by Crippen LogP contribution is 2.16. The average Bonchev–Trinajstić information content (AvgIpc) is 2.45. The first kappa shape index (κ1) is 14.1. The van der Waals surface area contributed by atoms with Crippen molar-refractivity contribution in [3.63, 3.8) is 0 Å². The summed E-state index contributed by atoms with van der Waals surface area (Å²) >= 11 is 0. The number of hydrogen-bond acceptors (Lipinski definition) is 3. The second kappa shape index (κ2) is 6.74. The van der Waals surface area contributed by atoms with Crippen molar-refractivity contribution in [3.05, 3.63) is 65.2 Å². The molecule has 0 aliphatic carbocycles. The molecular weight excluding hydrogens is 248 g/mol. The van der Waals surface area contributed by atoms with Gasteiger partial charge in [-0.1, -0.05) is 24.3 Å². The zero-order valence-corrected chi connectivity index (χ0v) is 11.5. The monoisotopic (exact) mass is 266 g/mol. The molecule has 2 aromatic rings. The van der Waals surface area contributed by atoms with Crippen molar-refractivity contribution in [3.8, 4) is 11.8 Å². The minimum Gasteiger partial charge on any atom is -0.489 e. The Bertz CT molecular complexity index is 597. The molecule has 0 bridgehead atoms. The molecule has 1 unspecified atom stereocenters. The van der Waals surface area contributed by atoms with Crippen molar-refractivity contribution < 1.29 is 4.74 Å². The third kappa shape index (κ3) is 4.11. The Kier molecular flexibility index (Phi) is 4.75. The van der Waals surface area contributed by atoms with Gasteiger partial charge in [-0.25, -0.2) is 0 Å². The minimum atomic E-state index is 0.142. The Morgan fingerprint density at radius 1 is 1.15 bits per heavy atom. The highest BCUT2D eigenvalue weighted by molar-refractivity contribution is 5.32. The van der Waals surface area contributed by atoms with E-state index in [-0.39, 0.29) is 6.04 Å². The molecule has 2 aromatic carbocycles. The van der Waals surface area contributed by atoms with Gasteiger partial charge in [0.2, 0.25) is 0 Å². The van der Waals surface area contributed by atoms with E-state index in [0.717, 1.165) is 17.7 Å². The van der Waals surface area contributed by atoms with Crippen LogP contribution < -0.4 is 10.5 Å². The van der Waals surface area contributed by atoms with Crippen LogP contribution >= 0.6 is 0 Å². The average molecular weight is 266 g/mol. The summed E-state index contributed by atoms with van der Waals surface area (Å²) in [4.78, 5) is 0. The molecule has 0 fully saturated rings. The molecule has 0 aromatic heterocycles. The lowest BCUT2D eigenvalue weighted by molar-refractivity contribution is 0.306. The van der Waals surface area contributed by atoms with Gasteiger partial charge in [0.05, 0.1) is 11.6 Å². The summed E-state index contributed by atoms with van der Waals surface area (Å²) in [6, 6.07) is 17.6. The van der Waals surface area contributed by atoms with Gasteiger partial charge in [0.15, 0.2) is 0 Å². The molecule has 0 heterocycles. The first-order valence-electron chi connectivity index (χ1n) is 6.64. The fraction of sp³-hybridized carbons (Fsp3) is 0.235. The quantitative estimate of drug-likeness (QED) is 0.905. The molecule has 0 radical (unpaired) electrons. The van der Waals surface area contributed by atoms with E-state index < -0.39 is 0 Å². The topological polar surface area (TPSA) is 59.0 Å². The number of nitriles is 1. The number of nitrogens with zero attached hydrogens (tertiary/aromatic N) is 1. The number of hydrogen-bond donors (Lipinski definition) is 1. The molecule has 2 rings (SSSR count). The van der Waals surface area contributed by atoms with Crippen LogP contribution in [0.15, 0.2) is 48.5 Å². The van der Waals surface area contributed by atoms with Crippen molar-refractivity contribution in [2.75, 3.05) is 0 Å². The van der Waals surface area contributed by atoms with Crippen LogP contribution in [0.25, 0.3) is 0 Å². The highest BCUT2D eigenvalue weighted by atomic mass is 16.5. The zero-order valence-electron chi connectivity index (χ0n) is 11.5. The van der Waals surface area contributed by atoms with Gasteiger partial charge in [0, 0.05) is 6.04 Å². The summed E-state index contributed by atoms with van der Waals surface area (Å²) in [6.07, 6.45) is 0.841. The molecule has 0 saturated carbocycles. The van der Waals surface area contributed by atoms with E-state index >= 15 is 0 Å². The smallest absolute Gasteiger partial charge is 0.120 e. The predicted molar refractivity (Wildman–Crippen MR) is 79.3 cm³/mol. The Hall–Kier alpha value is -2.31. The third-order valence-corrected chi connectivity index (χ3v) is 2.94. The first-order valence-corrected chi connectivity index (χ1v) is 6.64. The van der Waals surface area contributed by atoms with E-state index in [2.05, 4.69) is 12.1 Å². The minimum absolute atomic E-state index is 0.142. The van der Waals surface area contributed by atoms with Crippen LogP contribution in [0, 0.1) is 11.3 Å². The van der Waals surface area contributed by atoms with E-state index in [1.54, 1.807) is 12.1 Å². The highest BCUT2D eigenvalue weighted by Gasteiger charge is 2.01. The van der Waals surface area contributed by atoms with Crippen molar-refractivity contribution in [1.82, 2.24) is 0 Å². The number of benzene rings is 2. The lowest BCUT2D eigenvalue weighted by Gasteiger charge is -2.09. The van der Waals surface area contributed by atoms with Gasteiger partial charge in [-0.3, -0.25) is 0 Å². The maximum absolute atomic E-state index is 8.75. The van der Waals surface area contributed by atoms with E-state index in [1.807, 2.05) is 37.3 Å². The Morgan fingerprint density at radius 2 is 1.90 bits per heavy atom. The Labute approximate surface area is 119 Å². The largest absolute Gasteiger partial charge is 0.489 e. The Morgan fingerprint density at radius 3 is 2.55 bits per heavy atom. The van der Waals surface area contributed by atoms with Crippen LogP contribution in [-0.4, -0.2) is 6.04 Å². The van der Waals surface area contributed by atoms with Gasteiger partial charge < -0.3 is 10.5 Å². The summed E-state index contributed by atoms with van der Waals surface area (Å²) in [5.41, 5.74) is 8.68. The van der Waals surface area contributed by atoms with Crippen LogP contribution in [0.3, 0.4) is 0 Å². The van der Waals surface area contributed by atoms with Crippen LogP contribution in [0.2, 0.25) is 0 Å². The number of ether oxygens (including phenoxy) is 1. The van der Waals surface area contributed by atoms with E-state index in [0.29, 0.717) is 12.2 Å². The molecule has 102 valence electrons. The summed E-state index contributed by atoms with van der Waals surface area (Å²) in [5.74, 6) is 0.840. The molecule has 0 aliphatic rings. The van der Waals surface area contributed by atoms with Crippen molar-refractivity contribution >= 4 is 0 Å². The van der Waals surface area contributed by atoms with Crippen LogP contribution in [-0.2, 0) is 13.0 Å². The van der Waals surface area contributed by atoms with Crippen LogP contribution in [0.5, 0.6) is 5.75 Å². The van der Waals surface area contributed by atoms with Crippen LogP contribution in [0.4, 0.5) is 0 Å². The van der Waals surface area contributed by atoms with Crippen LogP contribution in [0.1, 0.15) is 23.6 Å². The molecule has 0 amide bonds. The second-order valence-electron chi connectivity index (χ2n) is 4.93. The zero-order chi connectivity index (χ0) is 14.4. The fourth-order valence-corrected chi connectivity index (χ4v) is 1.98. The van der Waals surface area contributed by atoms with Gasteiger partial charge >= 0.3 is 0 Å². The summed E-state index contributed by atoms with van der Waals surface area (Å²) < 4.78 is 5.76. The third-order valence-electron chi connectivity index (χ3n) is 2.94. The van der Waals surface area contributed by atoms with Crippen molar-refractivity contribution in [2.24, 2.45) is 5.73 Å². The van der Waals surface area contributed by atoms with Crippen molar-refractivity contribution in [1.29, 1.82) is 5.26 Å².